The molecule has 0 atom stereocenters. The maximum absolute atomic E-state index is 10.5. The average molecular weight is 380 g/mol. The van der Waals surface area contributed by atoms with Gasteiger partial charge in [0.2, 0.25) is 5.89 Å². The van der Waals surface area contributed by atoms with E-state index >= 15 is 0 Å². The number of oxazole rings is 1. The number of benzene rings is 2. The van der Waals surface area contributed by atoms with Crippen molar-refractivity contribution in [3.05, 3.63) is 71.6 Å². The minimum absolute atomic E-state index is 0.194. The average Bonchev–Trinajstić information content (AvgIpc) is 3.08. The van der Waals surface area contributed by atoms with Crippen LogP contribution in [0.4, 0.5) is 0 Å². The highest BCUT2D eigenvalue weighted by atomic mass is 16.6. The summed E-state index contributed by atoms with van der Waals surface area (Å²) in [6.07, 6.45) is 0. The third-order valence-electron chi connectivity index (χ3n) is 3.95. The summed E-state index contributed by atoms with van der Waals surface area (Å²) in [7, 11) is 0. The molecule has 1 N–H and O–H groups in total. The predicted octanol–water partition coefficient (Wildman–Crippen LogP) is 4.05. The van der Waals surface area contributed by atoms with Crippen LogP contribution in [0.3, 0.4) is 0 Å². The van der Waals surface area contributed by atoms with Crippen molar-refractivity contribution in [2.45, 2.75) is 20.5 Å². The lowest BCUT2D eigenvalue weighted by atomic mass is 10.1. The van der Waals surface area contributed by atoms with E-state index in [4.69, 9.17) is 19.1 Å². The highest BCUT2D eigenvalue weighted by Gasteiger charge is 2.11. The van der Waals surface area contributed by atoms with Crippen LogP contribution in [0.5, 0.6) is 5.75 Å². The number of aryl methyl sites for hydroxylation is 1. The van der Waals surface area contributed by atoms with Gasteiger partial charge in [0.1, 0.15) is 17.2 Å². The number of oxime groups is 1. The summed E-state index contributed by atoms with van der Waals surface area (Å²) < 4.78 is 10.8. The van der Waals surface area contributed by atoms with Crippen LogP contribution in [0.2, 0.25) is 0 Å². The van der Waals surface area contributed by atoms with E-state index in [9.17, 15) is 4.79 Å². The quantitative estimate of drug-likeness (QED) is 0.468. The minimum Gasteiger partial charge on any atom is -0.482 e. The van der Waals surface area contributed by atoms with Crippen LogP contribution in [0.1, 0.15) is 23.9 Å². The highest BCUT2D eigenvalue weighted by molar-refractivity contribution is 5.98. The number of aromatic nitrogens is 1. The molecule has 28 heavy (non-hydrogen) atoms. The predicted molar refractivity (Wildman–Crippen MR) is 103 cm³/mol. The van der Waals surface area contributed by atoms with E-state index in [0.717, 1.165) is 11.1 Å². The van der Waals surface area contributed by atoms with Crippen molar-refractivity contribution in [3.8, 4) is 17.2 Å². The molecule has 0 aliphatic rings. The Balaban J connectivity index is 1.60. The molecule has 0 amide bonds. The van der Waals surface area contributed by atoms with E-state index in [1.54, 1.807) is 24.3 Å². The van der Waals surface area contributed by atoms with E-state index in [-0.39, 0.29) is 13.2 Å². The minimum atomic E-state index is -1.02. The van der Waals surface area contributed by atoms with E-state index in [1.807, 2.05) is 44.2 Å². The molecule has 0 aliphatic heterocycles. The zero-order valence-electron chi connectivity index (χ0n) is 15.6. The Kier molecular flexibility index (Phi) is 6.06. The van der Waals surface area contributed by atoms with Crippen LogP contribution < -0.4 is 4.74 Å². The summed E-state index contributed by atoms with van der Waals surface area (Å²) in [6.45, 7) is 3.47. The first-order chi connectivity index (χ1) is 13.5. The van der Waals surface area contributed by atoms with Crippen molar-refractivity contribution < 1.29 is 23.9 Å². The van der Waals surface area contributed by atoms with Gasteiger partial charge in [0.05, 0.1) is 5.71 Å². The maximum atomic E-state index is 10.5. The van der Waals surface area contributed by atoms with Gasteiger partial charge in [-0.1, -0.05) is 23.4 Å². The van der Waals surface area contributed by atoms with Crippen LogP contribution in [0.15, 0.2) is 64.2 Å². The fraction of sp³-hybridized carbons (Fsp3) is 0.190. The SMILES string of the molecule is C/C(=N\OCc1nc(-c2ccccc2)oc1C)c1ccc(OCC(=O)O)cc1. The summed E-state index contributed by atoms with van der Waals surface area (Å²) in [6, 6.07) is 16.6. The van der Waals surface area contributed by atoms with Crippen LogP contribution >= 0.6 is 0 Å². The van der Waals surface area contributed by atoms with E-state index in [1.165, 1.54) is 0 Å². The van der Waals surface area contributed by atoms with Crippen LogP contribution in [0.25, 0.3) is 11.5 Å². The number of carboxylic acid groups (broad SMARTS) is 1. The van der Waals surface area contributed by atoms with Gasteiger partial charge in [0.15, 0.2) is 13.2 Å². The fourth-order valence-electron chi connectivity index (χ4n) is 2.45. The molecule has 0 radical (unpaired) electrons. The van der Waals surface area contributed by atoms with Gasteiger partial charge in [0, 0.05) is 5.56 Å². The molecule has 1 heterocycles. The Morgan fingerprint density at radius 2 is 1.86 bits per heavy atom. The number of rotatable bonds is 8. The number of carbonyl (C=O) groups is 1. The van der Waals surface area contributed by atoms with Crippen molar-refractivity contribution in [1.82, 2.24) is 4.98 Å². The highest BCUT2D eigenvalue weighted by Crippen LogP contribution is 2.22. The fourth-order valence-corrected chi connectivity index (χ4v) is 2.45. The first-order valence-electron chi connectivity index (χ1n) is 8.66. The largest absolute Gasteiger partial charge is 0.482 e. The zero-order chi connectivity index (χ0) is 19.9. The Bertz CT molecular complexity index is 962. The first kappa shape index (κ1) is 19.2. The number of carboxylic acids is 1. The molecule has 0 spiro atoms. The van der Waals surface area contributed by atoms with Gasteiger partial charge in [-0.2, -0.15) is 0 Å². The molecule has 0 fully saturated rings. The Hall–Kier alpha value is -3.61. The van der Waals surface area contributed by atoms with Gasteiger partial charge >= 0.3 is 5.97 Å². The van der Waals surface area contributed by atoms with Crippen LogP contribution in [-0.4, -0.2) is 28.4 Å². The summed E-state index contributed by atoms with van der Waals surface area (Å²) in [5.74, 6) is 0.696. The maximum Gasteiger partial charge on any atom is 0.341 e. The summed E-state index contributed by atoms with van der Waals surface area (Å²) in [5, 5.41) is 12.7. The number of aliphatic carboxylic acids is 1. The molecular formula is C21H20N2O5. The summed E-state index contributed by atoms with van der Waals surface area (Å²) in [4.78, 5) is 20.4. The molecule has 0 aliphatic carbocycles. The van der Waals surface area contributed by atoms with Crippen molar-refractivity contribution >= 4 is 11.7 Å². The van der Waals surface area contributed by atoms with E-state index in [2.05, 4.69) is 10.1 Å². The Labute approximate surface area is 162 Å². The lowest BCUT2D eigenvalue weighted by molar-refractivity contribution is -0.139. The molecule has 2 aromatic carbocycles. The monoisotopic (exact) mass is 380 g/mol. The van der Waals surface area contributed by atoms with Crippen molar-refractivity contribution in [1.29, 1.82) is 0 Å². The number of hydrogen-bond acceptors (Lipinski definition) is 6. The van der Waals surface area contributed by atoms with Crippen molar-refractivity contribution in [2.75, 3.05) is 6.61 Å². The Morgan fingerprint density at radius 3 is 2.54 bits per heavy atom. The van der Waals surface area contributed by atoms with Crippen LogP contribution in [-0.2, 0) is 16.2 Å². The molecule has 0 saturated carbocycles. The molecule has 0 bridgehead atoms. The summed E-state index contributed by atoms with van der Waals surface area (Å²) in [5.41, 5.74) is 3.10. The van der Waals surface area contributed by atoms with Gasteiger partial charge in [0.25, 0.3) is 0 Å². The first-order valence-corrected chi connectivity index (χ1v) is 8.66. The molecule has 3 rings (SSSR count). The van der Waals surface area contributed by atoms with Crippen molar-refractivity contribution in [3.63, 3.8) is 0 Å². The Morgan fingerprint density at radius 1 is 1.14 bits per heavy atom. The molecule has 7 nitrogen and oxygen atoms in total. The van der Waals surface area contributed by atoms with Gasteiger partial charge in [-0.15, -0.1) is 0 Å². The lowest BCUT2D eigenvalue weighted by Gasteiger charge is -2.05. The molecule has 3 aromatic rings. The van der Waals surface area contributed by atoms with E-state index < -0.39 is 5.97 Å². The second-order valence-corrected chi connectivity index (χ2v) is 6.04. The van der Waals surface area contributed by atoms with Crippen LogP contribution in [0, 0.1) is 6.92 Å². The third kappa shape index (κ3) is 4.97. The van der Waals surface area contributed by atoms with Gasteiger partial charge in [-0.25, -0.2) is 9.78 Å². The van der Waals surface area contributed by atoms with Crippen molar-refractivity contribution in [2.24, 2.45) is 5.16 Å². The molecule has 7 heteroatoms. The molecular weight excluding hydrogens is 360 g/mol. The van der Waals surface area contributed by atoms with Gasteiger partial charge in [-0.3, -0.25) is 0 Å². The number of ether oxygens (including phenoxy) is 1. The molecule has 144 valence electrons. The number of nitrogens with zero attached hydrogens (tertiary/aromatic N) is 2. The smallest absolute Gasteiger partial charge is 0.341 e. The molecule has 0 saturated heterocycles. The van der Waals surface area contributed by atoms with E-state index in [0.29, 0.717) is 28.8 Å². The molecule has 0 unspecified atom stereocenters. The van der Waals surface area contributed by atoms with Gasteiger partial charge in [-0.05, 0) is 55.8 Å². The summed E-state index contributed by atoms with van der Waals surface area (Å²) >= 11 is 0. The second-order valence-electron chi connectivity index (χ2n) is 6.04. The standard InChI is InChI=1S/C21H20N2O5/c1-14(16-8-10-18(11-9-16)26-13-20(24)25)23-27-12-19-15(2)28-21(22-19)17-6-4-3-5-7-17/h3-11H,12-13H2,1-2H3,(H,24,25)/b23-14+. The third-order valence-corrected chi connectivity index (χ3v) is 3.95. The van der Waals surface area contributed by atoms with Gasteiger partial charge < -0.3 is 19.1 Å². The normalized spacial score (nSPS) is 11.3. The lowest BCUT2D eigenvalue weighted by Crippen LogP contribution is -2.09. The zero-order valence-corrected chi connectivity index (χ0v) is 15.6. The molecule has 1 aromatic heterocycles. The number of hydrogen-bond donors (Lipinski definition) is 1. The second kappa shape index (κ2) is 8.85. The topological polar surface area (TPSA) is 94.2 Å².